The number of nitrogens with zero attached hydrogens (tertiary/aromatic N) is 7. The monoisotopic (exact) mass is 465 g/mol. The fourth-order valence-corrected chi connectivity index (χ4v) is 3.81. The maximum atomic E-state index is 13.3. The summed E-state index contributed by atoms with van der Waals surface area (Å²) >= 11 is 0. The van der Waals surface area contributed by atoms with Gasteiger partial charge in [0.15, 0.2) is 17.3 Å². The van der Waals surface area contributed by atoms with Crippen molar-refractivity contribution >= 4 is 22.8 Å². The molecule has 174 valence electrons. The second-order valence-electron chi connectivity index (χ2n) is 8.59. The van der Waals surface area contributed by atoms with Crippen LogP contribution in [0.3, 0.4) is 0 Å². The van der Waals surface area contributed by atoms with Crippen molar-refractivity contribution in [1.82, 2.24) is 40.2 Å². The van der Waals surface area contributed by atoms with Gasteiger partial charge in [-0.15, -0.1) is 5.10 Å². The van der Waals surface area contributed by atoms with Gasteiger partial charge < -0.3 is 11.1 Å². The normalized spacial score (nSPS) is 11.5. The van der Waals surface area contributed by atoms with E-state index in [0.717, 1.165) is 22.2 Å². The Bertz CT molecular complexity index is 1530. The van der Waals surface area contributed by atoms with E-state index in [1.54, 1.807) is 23.1 Å². The van der Waals surface area contributed by atoms with E-state index in [1.807, 2.05) is 69.4 Å². The highest BCUT2D eigenvalue weighted by atomic mass is 16.2. The molecule has 0 unspecified atom stereocenters. The molecule has 3 heterocycles. The molecule has 5 aromatic rings. The summed E-state index contributed by atoms with van der Waals surface area (Å²) in [7, 11) is 1.82. The first-order valence-electron chi connectivity index (χ1n) is 11.0. The summed E-state index contributed by atoms with van der Waals surface area (Å²) in [5, 5.41) is 11.2. The molecule has 0 atom stereocenters. The van der Waals surface area contributed by atoms with Crippen molar-refractivity contribution in [2.45, 2.75) is 19.4 Å². The largest absolute Gasteiger partial charge is 0.382 e. The molecule has 0 bridgehead atoms. The van der Waals surface area contributed by atoms with Crippen LogP contribution in [-0.4, -0.2) is 40.8 Å². The number of hydrogen-bond acceptors (Lipinski definition) is 8. The fourth-order valence-electron chi connectivity index (χ4n) is 3.81. The molecule has 3 aromatic heterocycles. The number of benzene rings is 2. The molecule has 0 aliphatic carbocycles. The number of hydrogen-bond donors (Lipinski definition) is 2. The summed E-state index contributed by atoms with van der Waals surface area (Å²) in [6, 6.07) is 17.0. The van der Waals surface area contributed by atoms with E-state index in [9.17, 15) is 4.79 Å². The highest BCUT2D eigenvalue weighted by Crippen LogP contribution is 2.32. The molecule has 5 rings (SSSR count). The SMILES string of the molecule is Cn1nnc2ccc(-c3nc(C(=O)NC(C)(C)c4ncccn4)c(N)nc3-c3ccccc3)cc21. The van der Waals surface area contributed by atoms with Crippen LogP contribution in [-0.2, 0) is 12.6 Å². The summed E-state index contributed by atoms with van der Waals surface area (Å²) in [5.41, 5.74) is 9.69. The third-order valence-corrected chi connectivity index (χ3v) is 5.62. The zero-order valence-corrected chi connectivity index (χ0v) is 19.5. The number of nitrogens with one attached hydrogen (secondary N) is 1. The van der Waals surface area contributed by atoms with Crippen LogP contribution in [0.1, 0.15) is 30.2 Å². The van der Waals surface area contributed by atoms with Gasteiger partial charge in [0.2, 0.25) is 0 Å². The molecular formula is C25H23N9O. The number of rotatable bonds is 5. The van der Waals surface area contributed by atoms with Gasteiger partial charge in [-0.3, -0.25) is 4.79 Å². The number of amides is 1. The van der Waals surface area contributed by atoms with Crippen molar-refractivity contribution < 1.29 is 4.79 Å². The van der Waals surface area contributed by atoms with E-state index in [0.29, 0.717) is 17.2 Å². The zero-order valence-electron chi connectivity index (χ0n) is 19.5. The lowest BCUT2D eigenvalue weighted by Gasteiger charge is -2.24. The van der Waals surface area contributed by atoms with Crippen molar-refractivity contribution in [3.63, 3.8) is 0 Å². The molecule has 0 fully saturated rings. The van der Waals surface area contributed by atoms with E-state index < -0.39 is 11.4 Å². The number of anilines is 1. The van der Waals surface area contributed by atoms with Gasteiger partial charge in [0.1, 0.15) is 5.52 Å². The third-order valence-electron chi connectivity index (χ3n) is 5.62. The van der Waals surface area contributed by atoms with Gasteiger partial charge in [-0.2, -0.15) is 0 Å². The molecule has 0 aliphatic rings. The van der Waals surface area contributed by atoms with Crippen LogP contribution in [0, 0.1) is 0 Å². The number of fused-ring (bicyclic) bond motifs is 1. The second kappa shape index (κ2) is 8.56. The zero-order chi connectivity index (χ0) is 24.6. The number of carbonyl (C=O) groups excluding carboxylic acids is 1. The number of carbonyl (C=O) groups is 1. The molecule has 10 heteroatoms. The van der Waals surface area contributed by atoms with Gasteiger partial charge in [-0.05, 0) is 32.0 Å². The maximum absolute atomic E-state index is 13.3. The topological polar surface area (TPSA) is 137 Å². The van der Waals surface area contributed by atoms with Crippen LogP contribution in [0.5, 0.6) is 0 Å². The number of aromatic nitrogens is 7. The molecule has 0 saturated carbocycles. The van der Waals surface area contributed by atoms with Gasteiger partial charge in [0, 0.05) is 30.6 Å². The lowest BCUT2D eigenvalue weighted by atomic mass is 10.0. The predicted octanol–water partition coefficient (Wildman–Crippen LogP) is 3.13. The molecule has 10 nitrogen and oxygen atoms in total. The van der Waals surface area contributed by atoms with E-state index in [4.69, 9.17) is 10.7 Å². The standard InChI is InChI=1S/C25H23N9O/c1-25(2,24-27-12-7-13-28-24)31-23(35)21-22(26)30-19(15-8-5-4-6-9-15)20(29-21)16-10-11-17-18(14-16)34(3)33-32-17/h4-14H,1-3H3,(H2,26,30)(H,31,35). The Hall–Kier alpha value is -4.73. The summed E-state index contributed by atoms with van der Waals surface area (Å²) in [5.74, 6) is 0.0184. The van der Waals surface area contributed by atoms with Gasteiger partial charge in [0.05, 0.1) is 22.4 Å². The minimum Gasteiger partial charge on any atom is -0.382 e. The molecule has 3 N–H and O–H groups in total. The van der Waals surface area contributed by atoms with Crippen molar-refractivity contribution in [2.24, 2.45) is 7.05 Å². The molecule has 35 heavy (non-hydrogen) atoms. The van der Waals surface area contributed by atoms with Gasteiger partial charge in [-0.1, -0.05) is 41.6 Å². The van der Waals surface area contributed by atoms with E-state index >= 15 is 0 Å². The molecule has 0 radical (unpaired) electrons. The first kappa shape index (κ1) is 22.1. The summed E-state index contributed by atoms with van der Waals surface area (Å²) in [6.45, 7) is 3.62. The predicted molar refractivity (Wildman–Crippen MR) is 132 cm³/mol. The van der Waals surface area contributed by atoms with Crippen LogP contribution in [0.4, 0.5) is 5.82 Å². The van der Waals surface area contributed by atoms with E-state index in [-0.39, 0.29) is 11.5 Å². The molecular weight excluding hydrogens is 442 g/mol. The number of nitrogen functional groups attached to an aromatic ring is 1. The average molecular weight is 466 g/mol. The first-order chi connectivity index (χ1) is 16.8. The Labute approximate surface area is 201 Å². The summed E-state index contributed by atoms with van der Waals surface area (Å²) < 4.78 is 1.68. The third kappa shape index (κ3) is 4.17. The Balaban J connectivity index is 1.63. The second-order valence-corrected chi connectivity index (χ2v) is 8.59. The highest BCUT2D eigenvalue weighted by molar-refractivity contribution is 5.98. The van der Waals surface area contributed by atoms with Crippen molar-refractivity contribution in [3.05, 3.63) is 78.5 Å². The van der Waals surface area contributed by atoms with E-state index in [1.165, 1.54) is 0 Å². The van der Waals surface area contributed by atoms with Crippen molar-refractivity contribution in [2.75, 3.05) is 5.73 Å². The molecule has 2 aromatic carbocycles. The Morgan fingerprint density at radius 3 is 2.40 bits per heavy atom. The fraction of sp³-hybridized carbons (Fsp3) is 0.160. The van der Waals surface area contributed by atoms with Crippen LogP contribution in [0.2, 0.25) is 0 Å². The quantitative estimate of drug-likeness (QED) is 0.404. The minimum atomic E-state index is -0.857. The minimum absolute atomic E-state index is 0.0203. The van der Waals surface area contributed by atoms with Gasteiger partial charge in [-0.25, -0.2) is 24.6 Å². The molecule has 0 spiro atoms. The van der Waals surface area contributed by atoms with Crippen LogP contribution >= 0.6 is 0 Å². The average Bonchev–Trinajstić information content (AvgIpc) is 3.24. The Kier molecular flexibility index (Phi) is 5.40. The Morgan fingerprint density at radius 1 is 0.943 bits per heavy atom. The van der Waals surface area contributed by atoms with Crippen LogP contribution in [0.15, 0.2) is 67.0 Å². The highest BCUT2D eigenvalue weighted by Gasteiger charge is 2.29. The van der Waals surface area contributed by atoms with Gasteiger partial charge in [0.25, 0.3) is 5.91 Å². The first-order valence-corrected chi connectivity index (χ1v) is 11.0. The molecule has 1 amide bonds. The molecule has 0 saturated heterocycles. The molecule has 0 aliphatic heterocycles. The maximum Gasteiger partial charge on any atom is 0.274 e. The van der Waals surface area contributed by atoms with Crippen LogP contribution in [0.25, 0.3) is 33.5 Å². The lowest BCUT2D eigenvalue weighted by Crippen LogP contribution is -2.43. The summed E-state index contributed by atoms with van der Waals surface area (Å²) in [6.07, 6.45) is 3.25. The van der Waals surface area contributed by atoms with Crippen LogP contribution < -0.4 is 11.1 Å². The lowest BCUT2D eigenvalue weighted by molar-refractivity contribution is 0.0904. The van der Waals surface area contributed by atoms with Crippen molar-refractivity contribution in [1.29, 1.82) is 0 Å². The van der Waals surface area contributed by atoms with E-state index in [2.05, 4.69) is 30.6 Å². The van der Waals surface area contributed by atoms with Gasteiger partial charge >= 0.3 is 0 Å². The number of aryl methyl sites for hydroxylation is 1. The smallest absolute Gasteiger partial charge is 0.274 e. The Morgan fingerprint density at radius 2 is 1.66 bits per heavy atom. The van der Waals surface area contributed by atoms with Crippen molar-refractivity contribution in [3.8, 4) is 22.5 Å². The summed E-state index contributed by atoms with van der Waals surface area (Å²) in [4.78, 5) is 31.2. The number of nitrogens with two attached hydrogens (primary N) is 1.